The van der Waals surface area contributed by atoms with Crippen LogP contribution in [0.2, 0.25) is 10.0 Å². The van der Waals surface area contributed by atoms with Gasteiger partial charge in [0.05, 0.1) is 0 Å². The molecule has 0 heterocycles. The first-order valence-electron chi connectivity index (χ1n) is 4.35. The zero-order valence-electron chi connectivity index (χ0n) is 8.14. The average Bonchev–Trinajstić information content (AvgIpc) is 2.15. The first kappa shape index (κ1) is 12.8. The smallest absolute Gasteiger partial charge is 0.289 e. The fourth-order valence-corrected chi connectivity index (χ4v) is 1.78. The maximum Gasteiger partial charge on any atom is 0.289 e. The molecule has 82 valence electrons. The highest BCUT2D eigenvalue weighted by atomic mass is 79.9. The van der Waals surface area contributed by atoms with Gasteiger partial charge in [-0.3, -0.25) is 4.79 Å². The van der Waals surface area contributed by atoms with Crippen molar-refractivity contribution >= 4 is 43.9 Å². The van der Waals surface area contributed by atoms with E-state index in [0.29, 0.717) is 23.0 Å². The second kappa shape index (κ2) is 5.73. The highest BCUT2D eigenvalue weighted by Gasteiger charge is 2.06. The van der Waals surface area contributed by atoms with Gasteiger partial charge in [0, 0.05) is 39.6 Å². The predicted molar refractivity (Wildman–Crippen MR) is 67.1 cm³/mol. The van der Waals surface area contributed by atoms with Crippen LogP contribution in [0.15, 0.2) is 18.2 Å². The molecule has 0 saturated carbocycles. The monoisotopic (exact) mass is 309 g/mol. The Morgan fingerprint density at radius 1 is 1.47 bits per heavy atom. The highest BCUT2D eigenvalue weighted by molar-refractivity contribution is 9.18. The second-order valence-electron chi connectivity index (χ2n) is 3.16. The van der Waals surface area contributed by atoms with E-state index >= 15 is 0 Å². The first-order chi connectivity index (χ1) is 7.00. The van der Waals surface area contributed by atoms with Crippen molar-refractivity contribution in [3.8, 4) is 0 Å². The van der Waals surface area contributed by atoms with E-state index in [1.807, 2.05) is 6.07 Å². The standard InChI is InChI=1S/C10H10BrCl2NO/c1-14(10(11)15)5-4-7-2-3-8(12)6-9(7)13/h2-3,6H,4-5H2,1H3. The van der Waals surface area contributed by atoms with Gasteiger partial charge >= 0.3 is 0 Å². The zero-order chi connectivity index (χ0) is 11.4. The molecule has 0 unspecified atom stereocenters. The van der Waals surface area contributed by atoms with Crippen molar-refractivity contribution in [2.75, 3.05) is 13.6 Å². The zero-order valence-corrected chi connectivity index (χ0v) is 11.2. The maximum absolute atomic E-state index is 10.9. The van der Waals surface area contributed by atoms with Crippen LogP contribution in [-0.4, -0.2) is 23.3 Å². The molecule has 0 fully saturated rings. The van der Waals surface area contributed by atoms with Gasteiger partial charge in [0.2, 0.25) is 0 Å². The summed E-state index contributed by atoms with van der Waals surface area (Å²) in [7, 11) is 1.72. The minimum atomic E-state index is -0.132. The van der Waals surface area contributed by atoms with Gasteiger partial charge in [-0.15, -0.1) is 0 Å². The van der Waals surface area contributed by atoms with Crippen LogP contribution < -0.4 is 0 Å². The molecule has 0 aromatic heterocycles. The third kappa shape index (κ3) is 4.01. The molecule has 0 spiro atoms. The third-order valence-electron chi connectivity index (χ3n) is 2.03. The van der Waals surface area contributed by atoms with E-state index < -0.39 is 0 Å². The van der Waals surface area contributed by atoms with Gasteiger partial charge in [0.15, 0.2) is 0 Å². The van der Waals surface area contributed by atoms with Crippen molar-refractivity contribution in [1.82, 2.24) is 4.90 Å². The number of hydrogen-bond acceptors (Lipinski definition) is 1. The Kier molecular flexibility index (Phi) is 4.90. The minimum Gasteiger partial charge on any atom is -0.336 e. The number of rotatable bonds is 3. The van der Waals surface area contributed by atoms with Crippen LogP contribution in [0.1, 0.15) is 5.56 Å². The van der Waals surface area contributed by atoms with Crippen molar-refractivity contribution in [3.05, 3.63) is 33.8 Å². The number of benzene rings is 1. The number of halogens is 3. The summed E-state index contributed by atoms with van der Waals surface area (Å²) in [6.07, 6.45) is 0.712. The van der Waals surface area contributed by atoms with Gasteiger partial charge in [-0.05, 0) is 24.1 Å². The van der Waals surface area contributed by atoms with Gasteiger partial charge in [-0.25, -0.2) is 0 Å². The predicted octanol–water partition coefficient (Wildman–Crippen LogP) is 3.98. The van der Waals surface area contributed by atoms with Gasteiger partial charge in [-0.1, -0.05) is 29.3 Å². The lowest BCUT2D eigenvalue weighted by atomic mass is 10.1. The topological polar surface area (TPSA) is 20.3 Å². The molecular formula is C10H10BrCl2NO. The van der Waals surface area contributed by atoms with Gasteiger partial charge in [0.1, 0.15) is 0 Å². The molecule has 0 bridgehead atoms. The largest absolute Gasteiger partial charge is 0.336 e. The average molecular weight is 311 g/mol. The Morgan fingerprint density at radius 2 is 2.13 bits per heavy atom. The molecule has 5 heteroatoms. The Labute approximate surface area is 107 Å². The van der Waals surface area contributed by atoms with E-state index in [4.69, 9.17) is 23.2 Å². The van der Waals surface area contributed by atoms with E-state index in [-0.39, 0.29) is 4.82 Å². The quantitative estimate of drug-likeness (QED) is 0.611. The van der Waals surface area contributed by atoms with Crippen LogP contribution in [0.25, 0.3) is 0 Å². The van der Waals surface area contributed by atoms with E-state index in [9.17, 15) is 4.79 Å². The summed E-state index contributed by atoms with van der Waals surface area (Å²) in [5, 5.41) is 1.26. The Hall–Kier alpha value is -0.250. The molecule has 0 saturated heterocycles. The third-order valence-corrected chi connectivity index (χ3v) is 3.22. The lowest BCUT2D eigenvalue weighted by molar-refractivity contribution is 0.235. The molecule has 1 aromatic rings. The summed E-state index contributed by atoms with van der Waals surface area (Å²) in [5.74, 6) is 0. The van der Waals surface area contributed by atoms with Crippen LogP contribution in [0.3, 0.4) is 0 Å². The molecule has 1 rings (SSSR count). The summed E-state index contributed by atoms with van der Waals surface area (Å²) < 4.78 is 0. The molecule has 1 aromatic carbocycles. The number of nitrogens with zero attached hydrogens (tertiary/aromatic N) is 1. The number of hydrogen-bond donors (Lipinski definition) is 0. The molecule has 1 amide bonds. The van der Waals surface area contributed by atoms with Crippen LogP contribution in [0, 0.1) is 0 Å². The van der Waals surface area contributed by atoms with Crippen molar-refractivity contribution in [2.24, 2.45) is 0 Å². The summed E-state index contributed by atoms with van der Waals surface area (Å²) in [4.78, 5) is 12.3. The molecule has 0 atom stereocenters. The van der Waals surface area contributed by atoms with E-state index in [1.54, 1.807) is 24.1 Å². The molecule has 0 N–H and O–H groups in total. The fourth-order valence-electron chi connectivity index (χ4n) is 1.10. The van der Waals surface area contributed by atoms with E-state index in [2.05, 4.69) is 15.9 Å². The fraction of sp³-hybridized carbons (Fsp3) is 0.300. The van der Waals surface area contributed by atoms with Crippen LogP contribution >= 0.6 is 39.1 Å². The maximum atomic E-state index is 10.9. The number of likely N-dealkylation sites (N-methyl/N-ethyl adjacent to an activating group) is 1. The van der Waals surface area contributed by atoms with Crippen molar-refractivity contribution in [3.63, 3.8) is 0 Å². The Balaban J connectivity index is 2.62. The van der Waals surface area contributed by atoms with Crippen molar-refractivity contribution in [1.29, 1.82) is 0 Å². The molecule has 2 nitrogen and oxygen atoms in total. The first-order valence-corrected chi connectivity index (χ1v) is 5.90. The van der Waals surface area contributed by atoms with Crippen molar-refractivity contribution in [2.45, 2.75) is 6.42 Å². The lowest BCUT2D eigenvalue weighted by Gasteiger charge is -2.13. The minimum absolute atomic E-state index is 0.132. The van der Waals surface area contributed by atoms with E-state index in [0.717, 1.165) is 5.56 Å². The van der Waals surface area contributed by atoms with Gasteiger partial charge in [-0.2, -0.15) is 0 Å². The normalized spacial score (nSPS) is 10.1. The van der Waals surface area contributed by atoms with Crippen LogP contribution in [0.4, 0.5) is 4.79 Å². The molecule has 15 heavy (non-hydrogen) atoms. The summed E-state index contributed by atoms with van der Waals surface area (Å²) in [5.41, 5.74) is 0.988. The van der Waals surface area contributed by atoms with Gasteiger partial charge < -0.3 is 4.90 Å². The molecule has 0 aliphatic carbocycles. The summed E-state index contributed by atoms with van der Waals surface area (Å²) in [6, 6.07) is 5.37. The number of carbonyl (C=O) groups is 1. The SMILES string of the molecule is CN(CCc1ccc(Cl)cc1Cl)C(=O)Br. The Bertz CT molecular complexity index is 370. The van der Waals surface area contributed by atoms with E-state index in [1.165, 1.54) is 0 Å². The Morgan fingerprint density at radius 3 is 2.67 bits per heavy atom. The number of carbonyl (C=O) groups excluding carboxylic acids is 1. The van der Waals surface area contributed by atoms with Crippen molar-refractivity contribution < 1.29 is 4.79 Å². The van der Waals surface area contributed by atoms with Gasteiger partial charge in [0.25, 0.3) is 4.82 Å². The summed E-state index contributed by atoms with van der Waals surface area (Å²) >= 11 is 14.6. The molecule has 0 radical (unpaired) electrons. The molecule has 0 aliphatic rings. The molecule has 0 aliphatic heterocycles. The molecular weight excluding hydrogens is 301 g/mol. The second-order valence-corrected chi connectivity index (χ2v) is 4.68. The lowest BCUT2D eigenvalue weighted by Crippen LogP contribution is -2.23. The summed E-state index contributed by atoms with van der Waals surface area (Å²) in [6.45, 7) is 0.617. The number of amides is 1. The highest BCUT2D eigenvalue weighted by Crippen LogP contribution is 2.21. The van der Waals surface area contributed by atoms with Crippen LogP contribution in [0.5, 0.6) is 0 Å². The van der Waals surface area contributed by atoms with Crippen LogP contribution in [-0.2, 0) is 6.42 Å².